The van der Waals surface area contributed by atoms with Gasteiger partial charge >= 0.3 is 5.97 Å². The molecule has 1 atom stereocenters. The molecule has 140 valence electrons. The van der Waals surface area contributed by atoms with E-state index in [4.69, 9.17) is 14.2 Å². The van der Waals surface area contributed by atoms with Gasteiger partial charge in [0.1, 0.15) is 11.4 Å². The highest BCUT2D eigenvalue weighted by atomic mass is 16.6. The molecule has 1 amide bonds. The number of ether oxygens (including phenoxy) is 3. The van der Waals surface area contributed by atoms with Gasteiger partial charge in [0, 0.05) is 12.1 Å². The number of amides is 1. The number of para-hydroxylation sites is 1. The lowest BCUT2D eigenvalue weighted by Crippen LogP contribution is -2.31. The van der Waals surface area contributed by atoms with E-state index in [0.717, 1.165) is 0 Å². The first kappa shape index (κ1) is 19.3. The Morgan fingerprint density at radius 2 is 1.85 bits per heavy atom. The fourth-order valence-electron chi connectivity index (χ4n) is 2.38. The number of hydrogen-bond acceptors (Lipinski definition) is 6. The van der Waals surface area contributed by atoms with Crippen LogP contribution in [0.2, 0.25) is 0 Å². The van der Waals surface area contributed by atoms with Crippen LogP contribution in [0, 0.1) is 0 Å². The molecule has 0 aliphatic rings. The summed E-state index contributed by atoms with van der Waals surface area (Å²) in [5, 5.41) is 6.85. The third-order valence-electron chi connectivity index (χ3n) is 3.69. The van der Waals surface area contributed by atoms with Crippen LogP contribution in [0.5, 0.6) is 11.5 Å². The predicted molar refractivity (Wildman–Crippen MR) is 95.7 cm³/mol. The third-order valence-corrected chi connectivity index (χ3v) is 3.69. The molecule has 0 aliphatic heterocycles. The molecule has 0 bridgehead atoms. The largest absolute Gasteiger partial charge is 0.493 e. The number of aromatic nitrogens is 2. The van der Waals surface area contributed by atoms with E-state index in [1.807, 2.05) is 13.8 Å². The lowest BCUT2D eigenvalue weighted by atomic mass is 10.2. The van der Waals surface area contributed by atoms with Crippen molar-refractivity contribution >= 4 is 17.7 Å². The number of carbonyl (C=O) groups is 2. The summed E-state index contributed by atoms with van der Waals surface area (Å²) in [4.78, 5) is 24.8. The van der Waals surface area contributed by atoms with E-state index in [2.05, 4.69) is 10.4 Å². The van der Waals surface area contributed by atoms with Crippen LogP contribution in [-0.2, 0) is 9.53 Å². The van der Waals surface area contributed by atoms with E-state index in [9.17, 15) is 9.59 Å². The van der Waals surface area contributed by atoms with E-state index in [-0.39, 0.29) is 17.4 Å². The van der Waals surface area contributed by atoms with Crippen molar-refractivity contribution in [3.63, 3.8) is 0 Å². The van der Waals surface area contributed by atoms with Crippen molar-refractivity contribution in [2.45, 2.75) is 32.9 Å². The van der Waals surface area contributed by atoms with E-state index in [0.29, 0.717) is 11.6 Å². The van der Waals surface area contributed by atoms with Crippen molar-refractivity contribution in [2.75, 3.05) is 19.5 Å². The maximum atomic E-state index is 12.4. The summed E-state index contributed by atoms with van der Waals surface area (Å²) in [6.07, 6.45) is 0.585. The molecule has 1 N–H and O–H groups in total. The Labute approximate surface area is 152 Å². The first-order chi connectivity index (χ1) is 12.4. The molecule has 0 saturated carbocycles. The number of benzene rings is 1. The van der Waals surface area contributed by atoms with Crippen LogP contribution in [0.4, 0.5) is 5.82 Å². The standard InChI is InChI=1S/C18H23N3O5/c1-11(2)21-15(9-10-19-21)20-17(22)12(3)26-18(23)13-7-6-8-14(24-4)16(13)25-5/h6-12H,1-5H3,(H,20,22)/t12-/m1/s1. The van der Waals surface area contributed by atoms with Gasteiger partial charge in [-0.15, -0.1) is 0 Å². The van der Waals surface area contributed by atoms with Gasteiger partial charge in [-0.25, -0.2) is 9.48 Å². The van der Waals surface area contributed by atoms with Crippen LogP contribution in [0.15, 0.2) is 30.5 Å². The zero-order valence-corrected chi connectivity index (χ0v) is 15.5. The second-order valence-electron chi connectivity index (χ2n) is 5.83. The molecule has 0 saturated heterocycles. The Kier molecular flexibility index (Phi) is 6.21. The Morgan fingerprint density at radius 1 is 1.12 bits per heavy atom. The minimum Gasteiger partial charge on any atom is -0.493 e. The summed E-state index contributed by atoms with van der Waals surface area (Å²) >= 11 is 0. The van der Waals surface area contributed by atoms with Gasteiger partial charge in [-0.2, -0.15) is 5.10 Å². The summed E-state index contributed by atoms with van der Waals surface area (Å²) < 4.78 is 17.3. The van der Waals surface area contributed by atoms with Crippen LogP contribution in [0.3, 0.4) is 0 Å². The molecule has 2 aromatic rings. The molecule has 0 radical (unpaired) electrons. The number of carbonyl (C=O) groups excluding carboxylic acids is 2. The zero-order valence-electron chi connectivity index (χ0n) is 15.5. The smallest absolute Gasteiger partial charge is 0.342 e. The lowest BCUT2D eigenvalue weighted by molar-refractivity contribution is -0.123. The minimum absolute atomic E-state index is 0.0826. The number of anilines is 1. The summed E-state index contributed by atoms with van der Waals surface area (Å²) in [7, 11) is 2.90. The highest BCUT2D eigenvalue weighted by Crippen LogP contribution is 2.31. The third kappa shape index (κ3) is 4.14. The number of nitrogens with zero attached hydrogens (tertiary/aromatic N) is 2. The van der Waals surface area contributed by atoms with Crippen molar-refractivity contribution in [1.29, 1.82) is 0 Å². The van der Waals surface area contributed by atoms with E-state index in [1.165, 1.54) is 21.1 Å². The number of nitrogens with one attached hydrogen (secondary N) is 1. The Balaban J connectivity index is 2.09. The van der Waals surface area contributed by atoms with Gasteiger partial charge in [-0.3, -0.25) is 4.79 Å². The van der Waals surface area contributed by atoms with Gasteiger partial charge in [0.05, 0.1) is 20.4 Å². The zero-order chi connectivity index (χ0) is 19.3. The van der Waals surface area contributed by atoms with E-state index >= 15 is 0 Å². The molecule has 2 rings (SSSR count). The first-order valence-electron chi connectivity index (χ1n) is 8.15. The molecular weight excluding hydrogens is 338 g/mol. The van der Waals surface area contributed by atoms with Crippen LogP contribution < -0.4 is 14.8 Å². The lowest BCUT2D eigenvalue weighted by Gasteiger charge is -2.17. The molecule has 1 aromatic carbocycles. The average molecular weight is 361 g/mol. The van der Waals surface area contributed by atoms with E-state index < -0.39 is 18.0 Å². The minimum atomic E-state index is -1.01. The van der Waals surface area contributed by atoms with Gasteiger partial charge in [0.2, 0.25) is 0 Å². The molecule has 26 heavy (non-hydrogen) atoms. The second-order valence-corrected chi connectivity index (χ2v) is 5.83. The number of rotatable bonds is 7. The number of hydrogen-bond donors (Lipinski definition) is 1. The molecule has 0 fully saturated rings. The Morgan fingerprint density at radius 3 is 2.46 bits per heavy atom. The maximum Gasteiger partial charge on any atom is 0.342 e. The molecule has 1 heterocycles. The SMILES string of the molecule is COc1cccc(C(=O)O[C@H](C)C(=O)Nc2ccnn2C(C)C)c1OC. The van der Waals surface area contributed by atoms with E-state index in [1.54, 1.807) is 35.1 Å². The normalized spacial score (nSPS) is 11.8. The van der Waals surface area contributed by atoms with Gasteiger partial charge < -0.3 is 19.5 Å². The van der Waals surface area contributed by atoms with Crippen LogP contribution in [-0.4, -0.2) is 42.0 Å². The molecule has 8 heteroatoms. The predicted octanol–water partition coefficient (Wildman–Crippen LogP) is 2.67. The first-order valence-corrected chi connectivity index (χ1v) is 8.15. The highest BCUT2D eigenvalue weighted by molar-refractivity contribution is 5.98. The maximum absolute atomic E-state index is 12.4. The second kappa shape index (κ2) is 8.37. The van der Waals surface area contributed by atoms with Gasteiger partial charge in [0.25, 0.3) is 5.91 Å². The Hall–Kier alpha value is -3.03. The average Bonchev–Trinajstić information content (AvgIpc) is 3.08. The molecule has 1 aromatic heterocycles. The van der Waals surface area contributed by atoms with Gasteiger partial charge in [-0.05, 0) is 32.9 Å². The van der Waals surface area contributed by atoms with Crippen LogP contribution in [0.1, 0.15) is 37.2 Å². The summed E-state index contributed by atoms with van der Waals surface area (Å²) in [6, 6.07) is 6.61. The highest BCUT2D eigenvalue weighted by Gasteiger charge is 2.24. The fourth-order valence-corrected chi connectivity index (χ4v) is 2.38. The molecule has 8 nitrogen and oxygen atoms in total. The van der Waals surface area contributed by atoms with Crippen molar-refractivity contribution in [2.24, 2.45) is 0 Å². The van der Waals surface area contributed by atoms with Crippen molar-refractivity contribution < 1.29 is 23.8 Å². The quantitative estimate of drug-likeness (QED) is 0.762. The topological polar surface area (TPSA) is 91.7 Å². The summed E-state index contributed by atoms with van der Waals surface area (Å²) in [6.45, 7) is 5.39. The Bertz CT molecular complexity index is 785. The monoisotopic (exact) mass is 361 g/mol. The van der Waals surface area contributed by atoms with Crippen molar-refractivity contribution in [1.82, 2.24) is 9.78 Å². The molecule has 0 spiro atoms. The molecule has 0 unspecified atom stereocenters. The van der Waals surface area contributed by atoms with Gasteiger partial charge in [-0.1, -0.05) is 6.07 Å². The number of esters is 1. The van der Waals surface area contributed by atoms with Crippen LogP contribution in [0.25, 0.3) is 0 Å². The van der Waals surface area contributed by atoms with Crippen LogP contribution >= 0.6 is 0 Å². The summed E-state index contributed by atoms with van der Waals surface area (Å²) in [5.41, 5.74) is 0.179. The fraction of sp³-hybridized carbons (Fsp3) is 0.389. The summed E-state index contributed by atoms with van der Waals surface area (Å²) in [5.74, 6) is 0.0561. The van der Waals surface area contributed by atoms with Gasteiger partial charge in [0.15, 0.2) is 17.6 Å². The van der Waals surface area contributed by atoms with Crippen molar-refractivity contribution in [3.05, 3.63) is 36.0 Å². The number of methoxy groups -OCH3 is 2. The molecular formula is C18H23N3O5. The van der Waals surface area contributed by atoms with Crippen molar-refractivity contribution in [3.8, 4) is 11.5 Å². The molecule has 0 aliphatic carbocycles.